The molecule has 0 amide bonds. The number of hydrogen-bond acceptors (Lipinski definition) is 3. The molecule has 2 nitrogen and oxygen atoms in total. The van der Waals surface area contributed by atoms with Gasteiger partial charge in [-0.3, -0.25) is 0 Å². The topological polar surface area (TPSA) is 35.2 Å². The quantitative estimate of drug-likeness (QED) is 0.884. The lowest BCUT2D eigenvalue weighted by Gasteiger charge is -2.11. The summed E-state index contributed by atoms with van der Waals surface area (Å²) in [7, 11) is 0. The Balaban J connectivity index is 1.94. The van der Waals surface area contributed by atoms with Crippen LogP contribution < -0.4 is 5.73 Å². The summed E-state index contributed by atoms with van der Waals surface area (Å²) in [5.41, 5.74) is 9.89. The fraction of sp³-hybridized carbons (Fsp3) is 0.231. The minimum absolute atomic E-state index is 0.135. The van der Waals surface area contributed by atoms with Gasteiger partial charge in [-0.25, -0.2) is 0 Å². The lowest BCUT2D eigenvalue weighted by atomic mass is 10.0. The van der Waals surface area contributed by atoms with Crippen LogP contribution in [0.3, 0.4) is 0 Å². The van der Waals surface area contributed by atoms with Gasteiger partial charge in [0.15, 0.2) is 0 Å². The highest BCUT2D eigenvalue weighted by molar-refractivity contribution is 9.10. The first-order valence-corrected chi connectivity index (χ1v) is 7.53. The van der Waals surface area contributed by atoms with Gasteiger partial charge < -0.3 is 10.5 Å². The van der Waals surface area contributed by atoms with Crippen molar-refractivity contribution in [3.63, 3.8) is 0 Å². The summed E-state index contributed by atoms with van der Waals surface area (Å²) in [6, 6.07) is 8.15. The Hall–Kier alpha value is -0.390. The maximum atomic E-state index is 6.28. The van der Waals surface area contributed by atoms with E-state index in [0.29, 0.717) is 13.2 Å². The summed E-state index contributed by atoms with van der Waals surface area (Å²) < 4.78 is 7.06. The molecule has 0 radical (unpaired) electrons. The predicted octanol–water partition coefficient (Wildman–Crippen LogP) is 4.24. The molecule has 2 aromatic rings. The summed E-state index contributed by atoms with van der Waals surface area (Å²) in [6.07, 6.45) is 0. The Morgan fingerprint density at radius 3 is 2.78 bits per heavy atom. The summed E-state index contributed by atoms with van der Waals surface area (Å²) in [4.78, 5) is 1.06. The average Bonchev–Trinajstić information content (AvgIpc) is 2.95. The monoisotopic (exact) mass is 343 g/mol. The van der Waals surface area contributed by atoms with Crippen molar-refractivity contribution in [1.82, 2.24) is 0 Å². The van der Waals surface area contributed by atoms with Gasteiger partial charge in [0, 0.05) is 9.35 Å². The molecule has 3 rings (SSSR count). The van der Waals surface area contributed by atoms with Gasteiger partial charge in [0.2, 0.25) is 0 Å². The molecule has 1 aromatic heterocycles. The molecule has 0 fully saturated rings. The summed E-state index contributed by atoms with van der Waals surface area (Å²) >= 11 is 11.0. The molecule has 1 aromatic carbocycles. The Morgan fingerprint density at radius 1 is 1.28 bits per heavy atom. The number of nitrogens with two attached hydrogens (primary N) is 1. The third-order valence-corrected chi connectivity index (χ3v) is 5.63. The smallest absolute Gasteiger partial charge is 0.107 e. The molecule has 18 heavy (non-hydrogen) atoms. The first-order chi connectivity index (χ1) is 8.65. The number of hydrogen-bond donors (Lipinski definition) is 1. The molecule has 5 heteroatoms. The Labute approximate surface area is 123 Å². The predicted molar refractivity (Wildman–Crippen MR) is 78.0 cm³/mol. The van der Waals surface area contributed by atoms with Gasteiger partial charge in [0.25, 0.3) is 0 Å². The van der Waals surface area contributed by atoms with Crippen molar-refractivity contribution in [3.8, 4) is 0 Å². The summed E-state index contributed by atoms with van der Waals surface area (Å²) in [5, 5.41) is 0. The molecule has 0 bridgehead atoms. The molecule has 0 spiro atoms. The molecule has 1 unspecified atom stereocenters. The highest BCUT2D eigenvalue weighted by Gasteiger charge is 2.17. The van der Waals surface area contributed by atoms with Crippen molar-refractivity contribution >= 4 is 38.9 Å². The number of benzene rings is 1. The normalized spacial score (nSPS) is 15.7. The maximum Gasteiger partial charge on any atom is 0.107 e. The zero-order valence-electron chi connectivity index (χ0n) is 9.45. The van der Waals surface area contributed by atoms with Crippen LogP contribution in [0.4, 0.5) is 0 Å². The van der Waals surface area contributed by atoms with Gasteiger partial charge in [-0.1, -0.05) is 29.8 Å². The van der Waals surface area contributed by atoms with E-state index in [2.05, 4.69) is 34.1 Å². The lowest BCUT2D eigenvalue weighted by molar-refractivity contribution is 0.134. The van der Waals surface area contributed by atoms with Crippen molar-refractivity contribution < 1.29 is 4.74 Å². The van der Waals surface area contributed by atoms with E-state index in [0.717, 1.165) is 19.2 Å². The van der Waals surface area contributed by atoms with Crippen LogP contribution in [0.15, 0.2) is 28.7 Å². The zero-order valence-corrected chi connectivity index (χ0v) is 12.6. The first-order valence-electron chi connectivity index (χ1n) is 5.55. The fourth-order valence-electron chi connectivity index (χ4n) is 2.07. The second kappa shape index (κ2) is 4.94. The van der Waals surface area contributed by atoms with Gasteiger partial charge in [-0.2, -0.15) is 0 Å². The van der Waals surface area contributed by atoms with Gasteiger partial charge >= 0.3 is 0 Å². The van der Waals surface area contributed by atoms with E-state index in [4.69, 9.17) is 22.1 Å². The average molecular weight is 345 g/mol. The van der Waals surface area contributed by atoms with E-state index in [1.54, 1.807) is 0 Å². The number of fused-ring (bicyclic) bond motifs is 1. The van der Waals surface area contributed by atoms with Crippen molar-refractivity contribution in [3.05, 3.63) is 54.6 Å². The van der Waals surface area contributed by atoms with Crippen LogP contribution in [0.25, 0.3) is 0 Å². The second-order valence-electron chi connectivity index (χ2n) is 4.27. The number of thiophene rings is 1. The number of rotatable bonds is 2. The van der Waals surface area contributed by atoms with Crippen LogP contribution in [0.5, 0.6) is 0 Å². The third kappa shape index (κ3) is 2.24. The molecule has 2 heterocycles. The summed E-state index contributed by atoms with van der Waals surface area (Å²) in [6.45, 7) is 1.39. The molecule has 1 aliphatic rings. The largest absolute Gasteiger partial charge is 0.372 e. The standard InChI is InChI=1S/C13H11BrClNOS/c14-10-4-11(18-13(10)15)12(16)7-1-2-8-5-17-6-9(8)3-7/h1-4,12H,5-6,16H2. The van der Waals surface area contributed by atoms with E-state index in [-0.39, 0.29) is 6.04 Å². The second-order valence-corrected chi connectivity index (χ2v) is 6.81. The SMILES string of the molecule is NC(c1ccc2c(c1)COC2)c1cc(Br)c(Cl)s1. The highest BCUT2D eigenvalue weighted by atomic mass is 79.9. The first kappa shape index (κ1) is 12.6. The van der Waals surface area contributed by atoms with E-state index in [1.165, 1.54) is 22.5 Å². The van der Waals surface area contributed by atoms with Crippen molar-refractivity contribution in [2.75, 3.05) is 0 Å². The van der Waals surface area contributed by atoms with E-state index in [1.807, 2.05) is 6.07 Å². The van der Waals surface area contributed by atoms with Gasteiger partial charge in [0.1, 0.15) is 4.34 Å². The number of halogens is 2. The Kier molecular flexibility index (Phi) is 3.47. The molecule has 0 aliphatic carbocycles. The van der Waals surface area contributed by atoms with Gasteiger partial charge in [0.05, 0.1) is 19.3 Å². The van der Waals surface area contributed by atoms with Crippen molar-refractivity contribution in [2.24, 2.45) is 5.73 Å². The molecule has 0 saturated heterocycles. The van der Waals surface area contributed by atoms with Crippen molar-refractivity contribution in [2.45, 2.75) is 19.3 Å². The minimum Gasteiger partial charge on any atom is -0.372 e. The fourth-order valence-corrected chi connectivity index (χ4v) is 3.83. The Bertz CT molecular complexity index is 579. The van der Waals surface area contributed by atoms with Crippen LogP contribution in [-0.4, -0.2) is 0 Å². The minimum atomic E-state index is -0.135. The van der Waals surface area contributed by atoms with E-state index >= 15 is 0 Å². The molecule has 0 saturated carbocycles. The molecule has 94 valence electrons. The molecule has 2 N–H and O–H groups in total. The molecular formula is C13H11BrClNOS. The number of ether oxygens (including phenoxy) is 1. The molecule has 1 atom stereocenters. The van der Waals surface area contributed by atoms with Crippen molar-refractivity contribution in [1.29, 1.82) is 0 Å². The lowest BCUT2D eigenvalue weighted by Crippen LogP contribution is -2.10. The van der Waals surface area contributed by atoms with Crippen LogP contribution in [0.1, 0.15) is 27.6 Å². The van der Waals surface area contributed by atoms with Crippen LogP contribution >= 0.6 is 38.9 Å². The maximum absolute atomic E-state index is 6.28. The van der Waals surface area contributed by atoms with Crippen LogP contribution in [-0.2, 0) is 18.0 Å². The van der Waals surface area contributed by atoms with Crippen LogP contribution in [0, 0.1) is 0 Å². The van der Waals surface area contributed by atoms with E-state index in [9.17, 15) is 0 Å². The Morgan fingerprint density at radius 2 is 2.06 bits per heavy atom. The van der Waals surface area contributed by atoms with E-state index < -0.39 is 0 Å². The van der Waals surface area contributed by atoms with Gasteiger partial charge in [-0.05, 0) is 38.7 Å². The molecular weight excluding hydrogens is 334 g/mol. The zero-order chi connectivity index (χ0) is 12.7. The third-order valence-electron chi connectivity index (χ3n) is 3.08. The highest BCUT2D eigenvalue weighted by Crippen LogP contribution is 2.37. The van der Waals surface area contributed by atoms with Gasteiger partial charge in [-0.15, -0.1) is 11.3 Å². The van der Waals surface area contributed by atoms with Crippen LogP contribution in [0.2, 0.25) is 4.34 Å². The summed E-state index contributed by atoms with van der Waals surface area (Å²) in [5.74, 6) is 0. The molecule has 1 aliphatic heterocycles.